The predicted molar refractivity (Wildman–Crippen MR) is 162 cm³/mol. The van der Waals surface area contributed by atoms with E-state index in [1.807, 2.05) is 42.5 Å². The number of hydrogen-bond donors (Lipinski definition) is 1. The molecule has 2 aliphatic heterocycles. The van der Waals surface area contributed by atoms with Crippen molar-refractivity contribution >= 4 is 57.0 Å². The minimum absolute atomic E-state index is 0.0788. The summed E-state index contributed by atoms with van der Waals surface area (Å²) in [5, 5.41) is 5.46. The maximum absolute atomic E-state index is 14.8. The molecule has 1 N–H and O–H groups in total. The van der Waals surface area contributed by atoms with E-state index < -0.39 is 5.66 Å². The first-order valence-corrected chi connectivity index (χ1v) is 15.2. The van der Waals surface area contributed by atoms with Gasteiger partial charge in [-0.3, -0.25) is 9.59 Å². The molecular weight excluding hydrogens is 561 g/mol. The summed E-state index contributed by atoms with van der Waals surface area (Å²) >= 11 is 14.7. The average molecular weight is 589 g/mol. The van der Waals surface area contributed by atoms with E-state index in [-0.39, 0.29) is 18.4 Å². The highest BCUT2D eigenvalue weighted by Crippen LogP contribution is 2.52. The molecule has 8 heteroatoms. The van der Waals surface area contributed by atoms with Crippen LogP contribution in [-0.2, 0) is 36.3 Å². The number of thiophene rings is 1. The number of para-hydroxylation sites is 1. The van der Waals surface area contributed by atoms with Gasteiger partial charge in [-0.1, -0.05) is 77.8 Å². The summed E-state index contributed by atoms with van der Waals surface area (Å²) in [7, 11) is 0. The Morgan fingerprint density at radius 1 is 0.875 bits per heavy atom. The van der Waals surface area contributed by atoms with E-state index in [9.17, 15) is 9.59 Å². The second kappa shape index (κ2) is 9.95. The molecule has 0 bridgehead atoms. The van der Waals surface area contributed by atoms with E-state index >= 15 is 0 Å². The zero-order chi connectivity index (χ0) is 27.4. The predicted octanol–water partition coefficient (Wildman–Crippen LogP) is 7.44. The van der Waals surface area contributed by atoms with Crippen molar-refractivity contribution in [1.82, 2.24) is 4.90 Å². The van der Waals surface area contributed by atoms with Gasteiger partial charge in [0.2, 0.25) is 5.66 Å². The van der Waals surface area contributed by atoms with Crippen LogP contribution in [0.4, 0.5) is 10.7 Å². The lowest BCUT2D eigenvalue weighted by Crippen LogP contribution is -2.62. The molecule has 5 nitrogen and oxygen atoms in total. The number of rotatable bonds is 5. The van der Waals surface area contributed by atoms with Crippen LogP contribution >= 0.6 is 34.5 Å². The minimum atomic E-state index is -1.36. The summed E-state index contributed by atoms with van der Waals surface area (Å²) in [6.07, 6.45) is 4.70. The van der Waals surface area contributed by atoms with Crippen molar-refractivity contribution in [3.63, 3.8) is 0 Å². The topological polar surface area (TPSA) is 52.7 Å². The number of anilines is 2. The number of aryl methyl sites for hydroxylation is 1. The fourth-order valence-corrected chi connectivity index (χ4v) is 8.22. The second-order valence-corrected chi connectivity index (χ2v) is 12.5. The summed E-state index contributed by atoms with van der Waals surface area (Å²) < 4.78 is 0. The Labute approximate surface area is 247 Å². The Morgan fingerprint density at radius 3 is 2.40 bits per heavy atom. The summed E-state index contributed by atoms with van der Waals surface area (Å²) in [6, 6.07) is 23.2. The third-order valence-electron chi connectivity index (χ3n) is 8.31. The molecule has 0 radical (unpaired) electrons. The Kier molecular flexibility index (Phi) is 6.38. The standard InChI is InChI=1S/C32H27Cl2N3O2S/c33-24-13-8-14-25(34)22(24)19-36-26-15-6-5-12-23(26)32(31(36)39)35-29-28(21-11-4-7-16-27(21)40-29)30(38)37(32)18-17-20-9-2-1-3-10-20/h1-3,5-6,8-10,12-15,35H,4,7,11,16-19H2. The van der Waals surface area contributed by atoms with Crippen molar-refractivity contribution in [2.75, 3.05) is 16.8 Å². The van der Waals surface area contributed by atoms with Gasteiger partial charge in [0, 0.05) is 32.6 Å². The average Bonchev–Trinajstić information content (AvgIpc) is 3.45. The van der Waals surface area contributed by atoms with Crippen molar-refractivity contribution in [1.29, 1.82) is 0 Å². The maximum atomic E-state index is 14.8. The van der Waals surface area contributed by atoms with Crippen molar-refractivity contribution in [3.05, 3.63) is 116 Å². The number of amides is 2. The van der Waals surface area contributed by atoms with Crippen LogP contribution in [0.2, 0.25) is 10.0 Å². The van der Waals surface area contributed by atoms with Crippen LogP contribution in [0, 0.1) is 0 Å². The van der Waals surface area contributed by atoms with Gasteiger partial charge < -0.3 is 15.1 Å². The van der Waals surface area contributed by atoms with Crippen LogP contribution in [0.1, 0.15) is 50.3 Å². The lowest BCUT2D eigenvalue weighted by atomic mass is 9.90. The Bertz CT molecular complexity index is 1630. The zero-order valence-electron chi connectivity index (χ0n) is 21.8. The van der Waals surface area contributed by atoms with Gasteiger partial charge in [0.1, 0.15) is 5.00 Å². The number of halogens is 2. The number of hydrogen-bond acceptors (Lipinski definition) is 4. The molecular formula is C32H27Cl2N3O2S. The van der Waals surface area contributed by atoms with Crippen molar-refractivity contribution in [3.8, 4) is 0 Å². The first kappa shape index (κ1) is 25.6. The van der Waals surface area contributed by atoms with Gasteiger partial charge in [-0.25, -0.2) is 0 Å². The Hall–Kier alpha value is -3.32. The lowest BCUT2D eigenvalue weighted by Gasteiger charge is -2.44. The fraction of sp³-hybridized carbons (Fsp3) is 0.250. The molecule has 4 aromatic rings. The zero-order valence-corrected chi connectivity index (χ0v) is 24.1. The van der Waals surface area contributed by atoms with Crippen molar-refractivity contribution < 1.29 is 9.59 Å². The molecule has 1 aliphatic carbocycles. The van der Waals surface area contributed by atoms with Gasteiger partial charge in [-0.05, 0) is 61.4 Å². The van der Waals surface area contributed by atoms with E-state index in [1.54, 1.807) is 39.3 Å². The summed E-state index contributed by atoms with van der Waals surface area (Å²) in [6.45, 7) is 0.590. The molecule has 7 rings (SSSR count). The molecule has 3 aromatic carbocycles. The van der Waals surface area contributed by atoms with Gasteiger partial charge in [0.05, 0.1) is 17.8 Å². The van der Waals surface area contributed by atoms with E-state index in [0.717, 1.165) is 58.6 Å². The molecule has 3 heterocycles. The van der Waals surface area contributed by atoms with Crippen LogP contribution in [0.3, 0.4) is 0 Å². The SMILES string of the molecule is O=C1c2c(sc3c2CCCC3)NC2(C(=O)N(Cc3c(Cl)cccc3Cl)c3ccccc32)N1CCc1ccccc1. The second-order valence-electron chi connectivity index (χ2n) is 10.6. The number of carbonyl (C=O) groups excluding carboxylic acids is 2. The normalized spacial score (nSPS) is 19.4. The van der Waals surface area contributed by atoms with Gasteiger partial charge in [-0.2, -0.15) is 0 Å². The number of benzene rings is 3. The third kappa shape index (κ3) is 3.88. The highest BCUT2D eigenvalue weighted by molar-refractivity contribution is 7.16. The Balaban J connectivity index is 1.38. The van der Waals surface area contributed by atoms with Crippen molar-refractivity contribution in [2.45, 2.75) is 44.3 Å². The van der Waals surface area contributed by atoms with Gasteiger partial charge in [0.25, 0.3) is 11.8 Å². The molecule has 0 fully saturated rings. The maximum Gasteiger partial charge on any atom is 0.279 e. The molecule has 0 saturated carbocycles. The van der Waals surface area contributed by atoms with Crippen LogP contribution in [0.15, 0.2) is 72.8 Å². The Morgan fingerprint density at radius 2 is 1.60 bits per heavy atom. The quantitative estimate of drug-likeness (QED) is 0.264. The number of fused-ring (bicyclic) bond motifs is 5. The van der Waals surface area contributed by atoms with Gasteiger partial charge >= 0.3 is 0 Å². The highest BCUT2D eigenvalue weighted by Gasteiger charge is 2.59. The molecule has 1 atom stereocenters. The molecule has 1 spiro atoms. The monoisotopic (exact) mass is 587 g/mol. The molecule has 2 amide bonds. The first-order valence-electron chi connectivity index (χ1n) is 13.6. The van der Waals surface area contributed by atoms with Crippen LogP contribution < -0.4 is 10.2 Å². The third-order valence-corrected chi connectivity index (χ3v) is 10.2. The largest absolute Gasteiger partial charge is 0.342 e. The molecule has 1 unspecified atom stereocenters. The van der Waals surface area contributed by atoms with Crippen LogP contribution in [0.5, 0.6) is 0 Å². The molecule has 40 heavy (non-hydrogen) atoms. The summed E-state index contributed by atoms with van der Waals surface area (Å²) in [5.41, 5.74) is 3.84. The van der Waals surface area contributed by atoms with Gasteiger partial charge in [0.15, 0.2) is 0 Å². The molecule has 0 saturated heterocycles. The lowest BCUT2D eigenvalue weighted by molar-refractivity contribution is -0.127. The number of nitrogens with one attached hydrogen (secondary N) is 1. The smallest absolute Gasteiger partial charge is 0.279 e. The minimum Gasteiger partial charge on any atom is -0.342 e. The molecule has 1 aromatic heterocycles. The van der Waals surface area contributed by atoms with E-state index in [4.69, 9.17) is 23.2 Å². The summed E-state index contributed by atoms with van der Waals surface area (Å²) in [5.74, 6) is -0.284. The fourth-order valence-electron chi connectivity index (χ4n) is 6.37. The number of nitrogens with zero attached hydrogens (tertiary/aromatic N) is 2. The molecule has 3 aliphatic rings. The van der Waals surface area contributed by atoms with E-state index in [0.29, 0.717) is 28.6 Å². The first-order chi connectivity index (χ1) is 19.5. The van der Waals surface area contributed by atoms with Gasteiger partial charge in [-0.15, -0.1) is 11.3 Å². The van der Waals surface area contributed by atoms with E-state index in [2.05, 4.69) is 17.4 Å². The van der Waals surface area contributed by atoms with Crippen molar-refractivity contribution in [2.24, 2.45) is 0 Å². The van der Waals surface area contributed by atoms with Crippen LogP contribution in [-0.4, -0.2) is 23.3 Å². The number of carbonyl (C=O) groups is 2. The summed E-state index contributed by atoms with van der Waals surface area (Å²) in [4.78, 5) is 34.1. The highest BCUT2D eigenvalue weighted by atomic mass is 35.5. The molecule has 202 valence electrons. The van der Waals surface area contributed by atoms with Crippen LogP contribution in [0.25, 0.3) is 0 Å². The van der Waals surface area contributed by atoms with E-state index in [1.165, 1.54) is 4.88 Å².